The molecule has 0 spiro atoms. The van der Waals surface area contributed by atoms with E-state index in [9.17, 15) is 4.79 Å². The Labute approximate surface area is 132 Å². The molecular formula is C16H15BrN2O2. The maximum Gasteiger partial charge on any atom is 0.244 e. The van der Waals surface area contributed by atoms with Crippen LogP contribution in [-0.2, 0) is 11.3 Å². The second-order valence-corrected chi connectivity index (χ2v) is 5.17. The average molecular weight is 347 g/mol. The molecule has 0 atom stereocenters. The summed E-state index contributed by atoms with van der Waals surface area (Å²) in [5.41, 5.74) is 1.65. The molecule has 2 aromatic rings. The van der Waals surface area contributed by atoms with Crippen LogP contribution in [0.1, 0.15) is 11.3 Å². The van der Waals surface area contributed by atoms with Crippen molar-refractivity contribution in [3.8, 4) is 5.75 Å². The number of aromatic nitrogens is 1. The minimum Gasteiger partial charge on any atom is -0.496 e. The van der Waals surface area contributed by atoms with E-state index in [0.717, 1.165) is 15.7 Å². The Hall–Kier alpha value is -2.14. The number of halogens is 1. The first-order valence-corrected chi connectivity index (χ1v) is 7.17. The number of amides is 1. The molecule has 0 aliphatic carbocycles. The van der Waals surface area contributed by atoms with Crippen LogP contribution >= 0.6 is 15.9 Å². The number of hydrogen-bond acceptors (Lipinski definition) is 3. The van der Waals surface area contributed by atoms with Crippen molar-refractivity contribution < 1.29 is 9.53 Å². The van der Waals surface area contributed by atoms with Gasteiger partial charge in [-0.2, -0.15) is 0 Å². The molecule has 0 radical (unpaired) electrons. The number of hydrogen-bond donors (Lipinski definition) is 1. The van der Waals surface area contributed by atoms with Crippen LogP contribution in [0.5, 0.6) is 5.75 Å². The fraction of sp³-hybridized carbons (Fsp3) is 0.125. The number of pyridine rings is 1. The summed E-state index contributed by atoms with van der Waals surface area (Å²) in [6.07, 6.45) is 4.90. The number of rotatable bonds is 5. The largest absolute Gasteiger partial charge is 0.496 e. The fourth-order valence-electron chi connectivity index (χ4n) is 1.74. The van der Waals surface area contributed by atoms with Gasteiger partial charge in [-0.05, 0) is 36.4 Å². The van der Waals surface area contributed by atoms with Gasteiger partial charge < -0.3 is 10.1 Å². The molecule has 0 saturated carbocycles. The zero-order chi connectivity index (χ0) is 15.1. The quantitative estimate of drug-likeness (QED) is 0.846. The highest BCUT2D eigenvalue weighted by Crippen LogP contribution is 2.23. The summed E-state index contributed by atoms with van der Waals surface area (Å²) < 4.78 is 6.18. The topological polar surface area (TPSA) is 51.2 Å². The Morgan fingerprint density at radius 1 is 1.38 bits per heavy atom. The van der Waals surface area contributed by atoms with Crippen LogP contribution in [0.4, 0.5) is 0 Å². The monoisotopic (exact) mass is 346 g/mol. The summed E-state index contributed by atoms with van der Waals surface area (Å²) in [6.45, 7) is 0.402. The van der Waals surface area contributed by atoms with Crippen LogP contribution in [0.25, 0.3) is 6.08 Å². The van der Waals surface area contributed by atoms with Crippen molar-refractivity contribution in [1.29, 1.82) is 0 Å². The van der Waals surface area contributed by atoms with E-state index < -0.39 is 0 Å². The van der Waals surface area contributed by atoms with Crippen molar-refractivity contribution in [3.63, 3.8) is 0 Å². The van der Waals surface area contributed by atoms with Crippen molar-refractivity contribution in [3.05, 3.63) is 64.4 Å². The fourth-order valence-corrected chi connectivity index (χ4v) is 2.12. The van der Waals surface area contributed by atoms with E-state index >= 15 is 0 Å². The Balaban J connectivity index is 1.97. The molecule has 0 saturated heterocycles. The molecule has 0 bridgehead atoms. The number of carbonyl (C=O) groups is 1. The van der Waals surface area contributed by atoms with Crippen LogP contribution in [-0.4, -0.2) is 18.0 Å². The highest BCUT2D eigenvalue weighted by molar-refractivity contribution is 9.10. The van der Waals surface area contributed by atoms with Crippen molar-refractivity contribution in [2.45, 2.75) is 6.54 Å². The highest BCUT2D eigenvalue weighted by Gasteiger charge is 2.02. The van der Waals surface area contributed by atoms with Crippen LogP contribution in [0, 0.1) is 0 Å². The van der Waals surface area contributed by atoms with Crippen LogP contribution in [0.15, 0.2) is 53.1 Å². The molecular weight excluding hydrogens is 332 g/mol. The summed E-state index contributed by atoms with van der Waals surface area (Å²) in [5, 5.41) is 2.78. The van der Waals surface area contributed by atoms with Gasteiger partial charge in [0.25, 0.3) is 0 Å². The number of ether oxygens (including phenoxy) is 1. The van der Waals surface area contributed by atoms with Gasteiger partial charge in [0.05, 0.1) is 19.3 Å². The lowest BCUT2D eigenvalue weighted by molar-refractivity contribution is -0.116. The molecule has 5 heteroatoms. The highest BCUT2D eigenvalue weighted by atomic mass is 79.9. The Morgan fingerprint density at radius 3 is 2.95 bits per heavy atom. The molecule has 1 heterocycles. The molecule has 0 aliphatic heterocycles. The van der Waals surface area contributed by atoms with E-state index in [0.29, 0.717) is 12.3 Å². The van der Waals surface area contributed by atoms with Gasteiger partial charge in [0.15, 0.2) is 0 Å². The lowest BCUT2D eigenvalue weighted by Gasteiger charge is -2.05. The Bertz CT molecular complexity index is 642. The SMILES string of the molecule is COc1ccc(Br)cc1/C=C/C(=O)NCc1ccccn1. The van der Waals surface area contributed by atoms with E-state index in [1.165, 1.54) is 6.08 Å². The Morgan fingerprint density at radius 2 is 2.24 bits per heavy atom. The second kappa shape index (κ2) is 7.59. The predicted molar refractivity (Wildman–Crippen MR) is 85.8 cm³/mol. The number of benzene rings is 1. The minimum absolute atomic E-state index is 0.178. The molecule has 0 aliphatic rings. The molecule has 1 aromatic heterocycles. The van der Waals surface area contributed by atoms with E-state index in [-0.39, 0.29) is 5.91 Å². The summed E-state index contributed by atoms with van der Waals surface area (Å²) in [4.78, 5) is 15.9. The predicted octanol–water partition coefficient (Wildman–Crippen LogP) is 3.18. The first-order chi connectivity index (χ1) is 10.2. The number of nitrogens with one attached hydrogen (secondary N) is 1. The van der Waals surface area contributed by atoms with Gasteiger partial charge in [-0.25, -0.2) is 0 Å². The molecule has 1 aromatic carbocycles. The normalized spacial score (nSPS) is 10.6. The van der Waals surface area contributed by atoms with E-state index in [1.54, 1.807) is 19.4 Å². The van der Waals surface area contributed by atoms with E-state index in [2.05, 4.69) is 26.2 Å². The number of carbonyl (C=O) groups excluding carboxylic acids is 1. The third kappa shape index (κ3) is 4.72. The summed E-state index contributed by atoms with van der Waals surface area (Å²) >= 11 is 3.40. The van der Waals surface area contributed by atoms with E-state index in [4.69, 9.17) is 4.74 Å². The summed E-state index contributed by atoms with van der Waals surface area (Å²) in [7, 11) is 1.60. The van der Waals surface area contributed by atoms with Crippen LogP contribution < -0.4 is 10.1 Å². The zero-order valence-electron chi connectivity index (χ0n) is 11.5. The zero-order valence-corrected chi connectivity index (χ0v) is 13.1. The van der Waals surface area contributed by atoms with Gasteiger partial charge in [0, 0.05) is 22.3 Å². The summed E-state index contributed by atoms with van der Waals surface area (Å²) in [5.74, 6) is 0.537. The minimum atomic E-state index is -0.178. The Kier molecular flexibility index (Phi) is 5.51. The molecule has 1 amide bonds. The maximum absolute atomic E-state index is 11.8. The van der Waals surface area contributed by atoms with Gasteiger partial charge in [0.1, 0.15) is 5.75 Å². The number of nitrogens with zero attached hydrogens (tertiary/aromatic N) is 1. The third-order valence-electron chi connectivity index (χ3n) is 2.78. The molecule has 0 fully saturated rings. The first kappa shape index (κ1) is 15.3. The standard InChI is InChI=1S/C16H15BrN2O2/c1-21-15-7-6-13(17)10-12(15)5-8-16(20)19-11-14-4-2-3-9-18-14/h2-10H,11H2,1H3,(H,19,20)/b8-5+. The van der Waals surface area contributed by atoms with Crippen molar-refractivity contribution >= 4 is 27.9 Å². The molecule has 108 valence electrons. The van der Waals surface area contributed by atoms with Gasteiger partial charge in [0.2, 0.25) is 5.91 Å². The van der Waals surface area contributed by atoms with Crippen LogP contribution in [0.2, 0.25) is 0 Å². The van der Waals surface area contributed by atoms with Crippen molar-refractivity contribution in [2.75, 3.05) is 7.11 Å². The van der Waals surface area contributed by atoms with Crippen molar-refractivity contribution in [1.82, 2.24) is 10.3 Å². The number of methoxy groups -OCH3 is 1. The smallest absolute Gasteiger partial charge is 0.244 e. The molecule has 1 N–H and O–H groups in total. The summed E-state index contributed by atoms with van der Waals surface area (Å²) in [6, 6.07) is 11.2. The molecule has 2 rings (SSSR count). The van der Waals surface area contributed by atoms with Gasteiger partial charge >= 0.3 is 0 Å². The van der Waals surface area contributed by atoms with E-state index in [1.807, 2.05) is 36.4 Å². The second-order valence-electron chi connectivity index (χ2n) is 4.26. The average Bonchev–Trinajstić information content (AvgIpc) is 2.52. The third-order valence-corrected chi connectivity index (χ3v) is 3.27. The molecule has 0 unspecified atom stereocenters. The lowest BCUT2D eigenvalue weighted by atomic mass is 10.2. The lowest BCUT2D eigenvalue weighted by Crippen LogP contribution is -2.20. The molecule has 21 heavy (non-hydrogen) atoms. The van der Waals surface area contributed by atoms with Gasteiger partial charge in [-0.3, -0.25) is 9.78 Å². The van der Waals surface area contributed by atoms with Crippen molar-refractivity contribution in [2.24, 2.45) is 0 Å². The van der Waals surface area contributed by atoms with Crippen LogP contribution in [0.3, 0.4) is 0 Å². The molecule has 4 nitrogen and oxygen atoms in total. The van der Waals surface area contributed by atoms with Gasteiger partial charge in [-0.15, -0.1) is 0 Å². The maximum atomic E-state index is 11.8. The first-order valence-electron chi connectivity index (χ1n) is 6.38. The van der Waals surface area contributed by atoms with Gasteiger partial charge in [-0.1, -0.05) is 22.0 Å².